The van der Waals surface area contributed by atoms with Crippen LogP contribution in [0.2, 0.25) is 0 Å². The molecule has 2 aromatic carbocycles. The number of nitrogens with zero attached hydrogens (tertiary/aromatic N) is 2. The molecular weight excluding hydrogens is 356 g/mol. The Morgan fingerprint density at radius 3 is 2.13 bits per heavy atom. The molecule has 0 aliphatic heterocycles. The van der Waals surface area contributed by atoms with Crippen LogP contribution >= 0.6 is 15.9 Å². The Bertz CT molecular complexity index is 814. The molecule has 0 aliphatic rings. The normalized spacial score (nSPS) is 10.7. The molecule has 0 fully saturated rings. The summed E-state index contributed by atoms with van der Waals surface area (Å²) in [5.74, 6) is -0.828. The van der Waals surface area contributed by atoms with Crippen molar-refractivity contribution in [3.8, 4) is 22.5 Å². The monoisotopic (exact) mass is 370 g/mol. The van der Waals surface area contributed by atoms with Gasteiger partial charge in [-0.2, -0.15) is 0 Å². The van der Waals surface area contributed by atoms with Crippen LogP contribution in [0, 0.1) is 0 Å². The highest BCUT2D eigenvalue weighted by atomic mass is 79.9. The molecule has 23 heavy (non-hydrogen) atoms. The maximum atomic E-state index is 11.0. The fourth-order valence-electron chi connectivity index (χ4n) is 2.52. The Hall–Kier alpha value is -2.40. The summed E-state index contributed by atoms with van der Waals surface area (Å²) in [5.41, 5.74) is 3.77. The van der Waals surface area contributed by atoms with Crippen molar-refractivity contribution in [3.05, 3.63) is 65.4 Å². The predicted octanol–water partition coefficient (Wildman–Crippen LogP) is 4.45. The first-order valence-electron chi connectivity index (χ1n) is 7.25. The number of carboxylic acid groups (broad SMARTS) is 1. The lowest BCUT2D eigenvalue weighted by atomic mass is 10.0. The summed E-state index contributed by atoms with van der Waals surface area (Å²) in [5, 5.41) is 9.00. The molecule has 0 unspecified atom stereocenters. The lowest BCUT2D eigenvalue weighted by Crippen LogP contribution is -2.06. The van der Waals surface area contributed by atoms with Gasteiger partial charge in [-0.15, -0.1) is 0 Å². The van der Waals surface area contributed by atoms with Crippen molar-refractivity contribution < 1.29 is 9.90 Å². The molecule has 4 nitrogen and oxygen atoms in total. The quantitative estimate of drug-likeness (QED) is 0.721. The van der Waals surface area contributed by atoms with Gasteiger partial charge in [0.2, 0.25) is 0 Å². The number of hydrogen-bond acceptors (Lipinski definition) is 2. The highest BCUT2D eigenvalue weighted by molar-refractivity contribution is 9.10. The van der Waals surface area contributed by atoms with E-state index in [-0.39, 0.29) is 6.42 Å². The number of benzene rings is 2. The van der Waals surface area contributed by atoms with Crippen molar-refractivity contribution in [1.82, 2.24) is 9.55 Å². The Morgan fingerprint density at radius 1 is 1.00 bits per heavy atom. The standard InChI is InChI=1S/C18H15BrN2O2/c19-18-20-16(13-7-3-1-4-8-13)17(14-9-5-2-6-10-14)21(18)12-11-15(22)23/h1-10H,11-12H2,(H,22,23). The second kappa shape index (κ2) is 6.79. The average Bonchev–Trinajstić information content (AvgIpc) is 2.91. The Kier molecular flexibility index (Phi) is 4.57. The van der Waals surface area contributed by atoms with Gasteiger partial charge in [0.15, 0.2) is 4.73 Å². The van der Waals surface area contributed by atoms with Gasteiger partial charge in [0.1, 0.15) is 0 Å². The molecule has 0 radical (unpaired) electrons. The van der Waals surface area contributed by atoms with Crippen LogP contribution in [0.15, 0.2) is 65.4 Å². The van der Waals surface area contributed by atoms with E-state index in [2.05, 4.69) is 20.9 Å². The number of aliphatic carboxylic acids is 1. The van der Waals surface area contributed by atoms with Gasteiger partial charge >= 0.3 is 5.97 Å². The number of imidazole rings is 1. The maximum Gasteiger partial charge on any atom is 0.305 e. The van der Waals surface area contributed by atoms with E-state index in [0.717, 1.165) is 22.5 Å². The van der Waals surface area contributed by atoms with E-state index >= 15 is 0 Å². The number of carbonyl (C=O) groups is 1. The molecule has 0 atom stereocenters. The zero-order valence-electron chi connectivity index (χ0n) is 12.3. The van der Waals surface area contributed by atoms with Gasteiger partial charge < -0.3 is 9.67 Å². The van der Waals surface area contributed by atoms with Gasteiger partial charge in [0.05, 0.1) is 17.8 Å². The molecule has 3 aromatic rings. The minimum Gasteiger partial charge on any atom is -0.481 e. The van der Waals surface area contributed by atoms with Crippen molar-refractivity contribution in [2.24, 2.45) is 0 Å². The van der Waals surface area contributed by atoms with Crippen LogP contribution in [-0.2, 0) is 11.3 Å². The van der Waals surface area contributed by atoms with Crippen LogP contribution < -0.4 is 0 Å². The molecule has 116 valence electrons. The minimum atomic E-state index is -0.828. The molecule has 1 aromatic heterocycles. The Morgan fingerprint density at radius 2 is 1.57 bits per heavy atom. The molecule has 0 spiro atoms. The largest absolute Gasteiger partial charge is 0.481 e. The third-order valence-corrected chi connectivity index (χ3v) is 4.17. The molecular formula is C18H15BrN2O2. The SMILES string of the molecule is O=C(O)CCn1c(Br)nc(-c2ccccc2)c1-c1ccccc1. The van der Waals surface area contributed by atoms with Crippen LogP contribution in [-0.4, -0.2) is 20.6 Å². The first kappa shape index (κ1) is 15.5. The fourth-order valence-corrected chi connectivity index (χ4v) is 3.05. The highest BCUT2D eigenvalue weighted by Crippen LogP contribution is 2.34. The first-order valence-corrected chi connectivity index (χ1v) is 8.05. The number of halogens is 1. The molecule has 3 rings (SSSR count). The van der Waals surface area contributed by atoms with Crippen LogP contribution in [0.25, 0.3) is 22.5 Å². The van der Waals surface area contributed by atoms with E-state index in [4.69, 9.17) is 5.11 Å². The second-order valence-corrected chi connectivity index (χ2v) is 5.81. The van der Waals surface area contributed by atoms with Gasteiger partial charge in [-0.1, -0.05) is 60.7 Å². The third kappa shape index (κ3) is 3.35. The number of aromatic nitrogens is 2. The summed E-state index contributed by atoms with van der Waals surface area (Å²) in [7, 11) is 0. The van der Waals surface area contributed by atoms with Crippen molar-refractivity contribution >= 4 is 21.9 Å². The van der Waals surface area contributed by atoms with E-state index < -0.39 is 5.97 Å². The molecule has 1 N–H and O–H groups in total. The van der Waals surface area contributed by atoms with Crippen molar-refractivity contribution in [2.45, 2.75) is 13.0 Å². The summed E-state index contributed by atoms with van der Waals surface area (Å²) in [6, 6.07) is 19.8. The van der Waals surface area contributed by atoms with Gasteiger partial charge in [-0.3, -0.25) is 4.79 Å². The van der Waals surface area contributed by atoms with Crippen molar-refractivity contribution in [3.63, 3.8) is 0 Å². The van der Waals surface area contributed by atoms with E-state index in [0.29, 0.717) is 11.3 Å². The molecule has 1 heterocycles. The second-order valence-electron chi connectivity index (χ2n) is 5.11. The van der Waals surface area contributed by atoms with Crippen molar-refractivity contribution in [1.29, 1.82) is 0 Å². The van der Waals surface area contributed by atoms with E-state index in [1.807, 2.05) is 65.2 Å². The lowest BCUT2D eigenvalue weighted by Gasteiger charge is -2.10. The topological polar surface area (TPSA) is 55.1 Å². The molecule has 0 saturated heterocycles. The van der Waals surface area contributed by atoms with E-state index in [1.54, 1.807) is 0 Å². The van der Waals surface area contributed by atoms with Gasteiger partial charge in [-0.25, -0.2) is 4.98 Å². The third-order valence-electron chi connectivity index (χ3n) is 3.56. The highest BCUT2D eigenvalue weighted by Gasteiger charge is 2.19. The van der Waals surface area contributed by atoms with Crippen molar-refractivity contribution in [2.75, 3.05) is 0 Å². The minimum absolute atomic E-state index is 0.0447. The molecule has 0 amide bonds. The van der Waals surface area contributed by atoms with Gasteiger partial charge in [0, 0.05) is 17.7 Å². The van der Waals surface area contributed by atoms with Gasteiger partial charge in [0.25, 0.3) is 0 Å². The summed E-state index contributed by atoms with van der Waals surface area (Å²) < 4.78 is 2.54. The summed E-state index contributed by atoms with van der Waals surface area (Å²) in [4.78, 5) is 15.6. The predicted molar refractivity (Wildman–Crippen MR) is 93.1 cm³/mol. The number of rotatable bonds is 5. The van der Waals surface area contributed by atoms with E-state index in [1.165, 1.54) is 0 Å². The summed E-state index contributed by atoms with van der Waals surface area (Å²) >= 11 is 3.47. The average molecular weight is 371 g/mol. The summed E-state index contributed by atoms with van der Waals surface area (Å²) in [6.45, 7) is 0.361. The van der Waals surface area contributed by atoms with Crippen LogP contribution in [0.3, 0.4) is 0 Å². The Labute approximate surface area is 142 Å². The smallest absolute Gasteiger partial charge is 0.305 e. The van der Waals surface area contributed by atoms with E-state index in [9.17, 15) is 4.79 Å². The van der Waals surface area contributed by atoms with Crippen LogP contribution in [0.5, 0.6) is 0 Å². The summed E-state index contributed by atoms with van der Waals surface area (Å²) in [6.07, 6.45) is 0.0447. The number of hydrogen-bond donors (Lipinski definition) is 1. The molecule has 0 saturated carbocycles. The molecule has 0 bridgehead atoms. The number of carboxylic acids is 1. The van der Waals surface area contributed by atoms with Crippen LogP contribution in [0.1, 0.15) is 6.42 Å². The Balaban J connectivity index is 2.17. The molecule has 5 heteroatoms. The first-order chi connectivity index (χ1) is 11.2. The zero-order chi connectivity index (χ0) is 16.2. The van der Waals surface area contributed by atoms with Gasteiger partial charge in [-0.05, 0) is 15.9 Å². The van der Waals surface area contributed by atoms with Crippen LogP contribution in [0.4, 0.5) is 0 Å². The lowest BCUT2D eigenvalue weighted by molar-refractivity contribution is -0.137. The maximum absolute atomic E-state index is 11.0. The molecule has 0 aliphatic carbocycles. The zero-order valence-corrected chi connectivity index (χ0v) is 13.9. The fraction of sp³-hybridized carbons (Fsp3) is 0.111.